The molecule has 0 spiro atoms. The molecule has 1 amide bonds. The van der Waals surface area contributed by atoms with Crippen molar-refractivity contribution < 1.29 is 27.8 Å². The van der Waals surface area contributed by atoms with Gasteiger partial charge >= 0.3 is 6.36 Å². The first-order valence-corrected chi connectivity index (χ1v) is 9.06. The number of carbonyl (C=O) groups is 1. The highest BCUT2D eigenvalue weighted by molar-refractivity contribution is 8.00. The number of rotatable bonds is 7. The second-order valence-electron chi connectivity index (χ2n) is 4.71. The molecule has 0 aliphatic carbocycles. The summed E-state index contributed by atoms with van der Waals surface area (Å²) in [6.07, 6.45) is -4.74. The maximum atomic E-state index is 12.3. The molecule has 1 aliphatic heterocycles. The van der Waals surface area contributed by atoms with Crippen molar-refractivity contribution >= 4 is 29.4 Å². The summed E-state index contributed by atoms with van der Waals surface area (Å²) in [5, 5.41) is 8.44. The summed E-state index contributed by atoms with van der Waals surface area (Å²) in [6.45, 7) is 0.569. The topological polar surface area (TPSA) is 49.8 Å². The number of amides is 1. The van der Waals surface area contributed by atoms with E-state index >= 15 is 0 Å². The zero-order valence-electron chi connectivity index (χ0n) is 12.1. The van der Waals surface area contributed by atoms with Crippen LogP contribution in [0.2, 0.25) is 0 Å². The Kier molecular flexibility index (Phi) is 6.49. The average molecular weight is 367 g/mol. The Hall–Kier alpha value is -1.06. The van der Waals surface area contributed by atoms with Crippen LogP contribution in [0.4, 0.5) is 13.2 Å². The van der Waals surface area contributed by atoms with Crippen LogP contribution in [0.5, 0.6) is 5.75 Å². The fourth-order valence-corrected chi connectivity index (χ4v) is 4.03. The molecule has 23 heavy (non-hydrogen) atoms. The zero-order valence-corrected chi connectivity index (χ0v) is 13.7. The minimum atomic E-state index is -4.74. The smallest absolute Gasteiger partial charge is 0.406 e. The van der Waals surface area contributed by atoms with Crippen molar-refractivity contribution in [3.63, 3.8) is 0 Å². The molecule has 0 radical (unpaired) electrons. The quantitative estimate of drug-likeness (QED) is 0.751. The molecule has 0 aromatic heterocycles. The van der Waals surface area contributed by atoms with Gasteiger partial charge in [0.05, 0.1) is 12.4 Å². The molecule has 2 rings (SSSR count). The zero-order chi connectivity index (χ0) is 16.9. The lowest BCUT2D eigenvalue weighted by Gasteiger charge is -2.24. The number of carbonyl (C=O) groups excluding carboxylic acids is 1. The first-order valence-electron chi connectivity index (χ1n) is 6.86. The van der Waals surface area contributed by atoms with Crippen LogP contribution in [0.1, 0.15) is 10.9 Å². The van der Waals surface area contributed by atoms with Crippen molar-refractivity contribution in [2.45, 2.75) is 11.7 Å². The van der Waals surface area contributed by atoms with Crippen LogP contribution in [0.3, 0.4) is 0 Å². The summed E-state index contributed by atoms with van der Waals surface area (Å²) in [6, 6.07) is 5.73. The molecular formula is C14H16F3NO3S2. The third-order valence-electron chi connectivity index (χ3n) is 3.06. The van der Waals surface area contributed by atoms with Crippen LogP contribution in [-0.4, -0.2) is 52.7 Å². The van der Waals surface area contributed by atoms with E-state index in [1.54, 1.807) is 11.0 Å². The molecule has 128 valence electrons. The van der Waals surface area contributed by atoms with Gasteiger partial charge in [-0.15, -0.1) is 24.9 Å². The molecule has 9 heteroatoms. The van der Waals surface area contributed by atoms with Gasteiger partial charge in [0.15, 0.2) is 0 Å². The molecule has 1 unspecified atom stereocenters. The van der Waals surface area contributed by atoms with Gasteiger partial charge in [0.25, 0.3) is 0 Å². The number of nitrogens with zero attached hydrogens (tertiary/aromatic N) is 1. The molecule has 1 aliphatic rings. The molecular weight excluding hydrogens is 351 g/mol. The fraction of sp³-hybridized carbons (Fsp3) is 0.500. The van der Waals surface area contributed by atoms with Crippen LogP contribution in [-0.2, 0) is 4.79 Å². The monoisotopic (exact) mass is 367 g/mol. The Morgan fingerprint density at radius 3 is 2.87 bits per heavy atom. The van der Waals surface area contributed by atoms with E-state index in [1.807, 2.05) is 0 Å². The highest BCUT2D eigenvalue weighted by atomic mass is 32.2. The van der Waals surface area contributed by atoms with Crippen LogP contribution in [0, 0.1) is 0 Å². The predicted octanol–water partition coefficient (Wildman–Crippen LogP) is 2.88. The Morgan fingerprint density at radius 2 is 2.17 bits per heavy atom. The fourth-order valence-electron chi connectivity index (χ4n) is 2.17. The standard InChI is InChI=1S/C14H16F3NO3S2/c15-14(16,17)21-11-3-1-2-10(8-11)13-18(12(20)9-23-13)4-6-22-7-5-19/h1-3,8,13,19H,4-7,9H2. The minimum Gasteiger partial charge on any atom is -0.406 e. The first-order chi connectivity index (χ1) is 10.9. The lowest BCUT2D eigenvalue weighted by atomic mass is 10.2. The molecule has 1 N–H and O–H groups in total. The van der Waals surface area contributed by atoms with Gasteiger partial charge in [-0.25, -0.2) is 0 Å². The number of hydrogen-bond donors (Lipinski definition) is 1. The molecule has 1 saturated heterocycles. The summed E-state index contributed by atoms with van der Waals surface area (Å²) in [5.74, 6) is 1.24. The third-order valence-corrected chi connectivity index (χ3v) is 5.26. The minimum absolute atomic E-state index is 0.0354. The third kappa shape index (κ3) is 5.50. The largest absolute Gasteiger partial charge is 0.573 e. The second kappa shape index (κ2) is 8.16. The number of thioether (sulfide) groups is 2. The maximum absolute atomic E-state index is 12.3. The average Bonchev–Trinajstić information content (AvgIpc) is 2.83. The van der Waals surface area contributed by atoms with E-state index in [1.165, 1.54) is 41.7 Å². The van der Waals surface area contributed by atoms with E-state index in [-0.39, 0.29) is 23.6 Å². The molecule has 1 atom stereocenters. The lowest BCUT2D eigenvalue weighted by Crippen LogP contribution is -2.30. The number of benzene rings is 1. The number of alkyl halides is 3. The van der Waals surface area contributed by atoms with Crippen molar-refractivity contribution in [2.24, 2.45) is 0 Å². The van der Waals surface area contributed by atoms with Crippen molar-refractivity contribution in [3.8, 4) is 5.75 Å². The van der Waals surface area contributed by atoms with E-state index in [0.29, 0.717) is 29.4 Å². The molecule has 1 heterocycles. The number of hydrogen-bond acceptors (Lipinski definition) is 5. The number of ether oxygens (including phenoxy) is 1. The molecule has 0 bridgehead atoms. The van der Waals surface area contributed by atoms with Gasteiger partial charge < -0.3 is 14.7 Å². The number of halogens is 3. The lowest BCUT2D eigenvalue weighted by molar-refractivity contribution is -0.274. The number of aliphatic hydroxyl groups excluding tert-OH is 1. The van der Waals surface area contributed by atoms with Crippen LogP contribution < -0.4 is 4.74 Å². The highest BCUT2D eigenvalue weighted by Gasteiger charge is 2.34. The molecule has 1 fully saturated rings. The van der Waals surface area contributed by atoms with E-state index < -0.39 is 6.36 Å². The van der Waals surface area contributed by atoms with Gasteiger partial charge in [-0.2, -0.15) is 11.8 Å². The van der Waals surface area contributed by atoms with Gasteiger partial charge in [0, 0.05) is 18.1 Å². The first kappa shape index (κ1) is 18.3. The molecule has 1 aromatic carbocycles. The van der Waals surface area contributed by atoms with Crippen LogP contribution in [0.25, 0.3) is 0 Å². The highest BCUT2D eigenvalue weighted by Crippen LogP contribution is 2.40. The Labute approximate surface area is 140 Å². The van der Waals surface area contributed by atoms with Crippen molar-refractivity contribution in [2.75, 3.05) is 30.4 Å². The Bertz CT molecular complexity index is 542. The van der Waals surface area contributed by atoms with Crippen molar-refractivity contribution in [3.05, 3.63) is 29.8 Å². The number of aliphatic hydroxyl groups is 1. The molecule has 4 nitrogen and oxygen atoms in total. The summed E-state index contributed by atoms with van der Waals surface area (Å²) in [5.41, 5.74) is 0.606. The Balaban J connectivity index is 2.06. The normalized spacial score (nSPS) is 18.5. The van der Waals surface area contributed by atoms with Crippen LogP contribution >= 0.6 is 23.5 Å². The maximum Gasteiger partial charge on any atom is 0.573 e. The van der Waals surface area contributed by atoms with Gasteiger partial charge in [0.1, 0.15) is 11.1 Å². The van der Waals surface area contributed by atoms with E-state index in [9.17, 15) is 18.0 Å². The van der Waals surface area contributed by atoms with E-state index in [0.717, 1.165) is 0 Å². The molecule has 1 aromatic rings. The van der Waals surface area contributed by atoms with Gasteiger partial charge in [-0.3, -0.25) is 4.79 Å². The van der Waals surface area contributed by atoms with Crippen molar-refractivity contribution in [1.82, 2.24) is 4.90 Å². The second-order valence-corrected chi connectivity index (χ2v) is 7.00. The predicted molar refractivity (Wildman–Crippen MR) is 84.4 cm³/mol. The summed E-state index contributed by atoms with van der Waals surface area (Å²) < 4.78 is 40.9. The Morgan fingerprint density at radius 1 is 1.39 bits per heavy atom. The van der Waals surface area contributed by atoms with Gasteiger partial charge in [0.2, 0.25) is 5.91 Å². The van der Waals surface area contributed by atoms with Gasteiger partial charge in [-0.05, 0) is 17.7 Å². The van der Waals surface area contributed by atoms with Crippen molar-refractivity contribution in [1.29, 1.82) is 0 Å². The van der Waals surface area contributed by atoms with Gasteiger partial charge in [-0.1, -0.05) is 12.1 Å². The van der Waals surface area contributed by atoms with E-state index in [2.05, 4.69) is 4.74 Å². The van der Waals surface area contributed by atoms with E-state index in [4.69, 9.17) is 5.11 Å². The summed E-state index contributed by atoms with van der Waals surface area (Å²) in [4.78, 5) is 13.6. The molecule has 0 saturated carbocycles. The summed E-state index contributed by atoms with van der Waals surface area (Å²) >= 11 is 2.91. The SMILES string of the molecule is O=C1CSC(c2cccc(OC(F)(F)F)c2)N1CCSCCO. The van der Waals surface area contributed by atoms with Crippen LogP contribution in [0.15, 0.2) is 24.3 Å². The summed E-state index contributed by atoms with van der Waals surface area (Å²) in [7, 11) is 0.